The number of phosphoric acid groups is 2. The third-order valence-electron chi connectivity index (χ3n) is 13.6. The summed E-state index contributed by atoms with van der Waals surface area (Å²) in [6, 6.07) is 0. The maximum atomic E-state index is 12.9. The van der Waals surface area contributed by atoms with Crippen LogP contribution in [0.2, 0.25) is 0 Å². The van der Waals surface area contributed by atoms with E-state index in [0.29, 0.717) is 31.6 Å². The first-order valence-electron chi connectivity index (χ1n) is 30.5. The highest BCUT2D eigenvalue weighted by molar-refractivity contribution is 7.47. The van der Waals surface area contributed by atoms with Crippen LogP contribution < -0.4 is 0 Å². The Balaban J connectivity index is 5.07. The fourth-order valence-electron chi connectivity index (χ4n) is 8.44. The van der Waals surface area contributed by atoms with Crippen LogP contribution in [0.5, 0.6) is 0 Å². The van der Waals surface area contributed by atoms with Gasteiger partial charge in [0.25, 0.3) is 0 Å². The molecule has 3 unspecified atom stereocenters. The Kier molecular flexibility index (Phi) is 49.7. The van der Waals surface area contributed by atoms with Crippen molar-refractivity contribution in [3.8, 4) is 0 Å². The van der Waals surface area contributed by atoms with E-state index in [1.54, 1.807) is 0 Å². The topological polar surface area (TPSA) is 237 Å². The van der Waals surface area contributed by atoms with Crippen molar-refractivity contribution in [1.82, 2.24) is 0 Å². The number of hydrogen-bond acceptors (Lipinski definition) is 15. The largest absolute Gasteiger partial charge is 0.472 e. The normalized spacial score (nSPS) is 14.8. The number of rotatable bonds is 57. The molecule has 3 N–H and O–H groups in total. The second-order valence-electron chi connectivity index (χ2n) is 21.7. The summed E-state index contributed by atoms with van der Waals surface area (Å²) in [7, 11) is -9.85. The Bertz CT molecular complexity index is 1530. The molecule has 19 heteroatoms. The van der Waals surface area contributed by atoms with Crippen LogP contribution in [0, 0.1) is 11.8 Å². The van der Waals surface area contributed by atoms with Gasteiger partial charge in [-0.1, -0.05) is 228 Å². The minimum Gasteiger partial charge on any atom is -0.462 e. The number of aliphatic hydroxyl groups excluding tert-OH is 1. The molecule has 0 aromatic rings. The van der Waals surface area contributed by atoms with Crippen LogP contribution in [-0.2, 0) is 65.4 Å². The van der Waals surface area contributed by atoms with Crippen molar-refractivity contribution in [3.05, 3.63) is 0 Å². The SMILES string of the molecule is CCCCCCCC(=O)OC[C@H](COP(=O)(O)OC[C@H](O)COP(=O)(O)OC[C@@H](COC(=O)CCCCCCCCC(C)C)OC(=O)CCCCCCCCCCCCCCCCC(C)CC)OC(=O)CCCCCCC. The van der Waals surface area contributed by atoms with Gasteiger partial charge in [-0.25, -0.2) is 9.13 Å². The Morgan fingerprint density at radius 2 is 0.662 bits per heavy atom. The van der Waals surface area contributed by atoms with Gasteiger partial charge < -0.3 is 33.8 Å². The van der Waals surface area contributed by atoms with Crippen LogP contribution in [0.1, 0.15) is 279 Å². The molecule has 0 radical (unpaired) electrons. The summed E-state index contributed by atoms with van der Waals surface area (Å²) in [5.74, 6) is -0.642. The van der Waals surface area contributed by atoms with E-state index in [1.807, 2.05) is 0 Å². The average molecular weight is 1140 g/mol. The van der Waals surface area contributed by atoms with Gasteiger partial charge in [0, 0.05) is 25.7 Å². The van der Waals surface area contributed by atoms with Crippen molar-refractivity contribution in [3.63, 3.8) is 0 Å². The zero-order valence-electron chi connectivity index (χ0n) is 49.2. The molecule has 6 atom stereocenters. The van der Waals surface area contributed by atoms with E-state index in [4.69, 9.17) is 37.0 Å². The maximum Gasteiger partial charge on any atom is 0.472 e. The van der Waals surface area contributed by atoms with Gasteiger partial charge in [0.05, 0.1) is 26.4 Å². The van der Waals surface area contributed by atoms with E-state index >= 15 is 0 Å². The molecule has 0 aromatic carbocycles. The van der Waals surface area contributed by atoms with Crippen LogP contribution in [0.3, 0.4) is 0 Å². The predicted molar refractivity (Wildman–Crippen MR) is 303 cm³/mol. The number of hydrogen-bond donors (Lipinski definition) is 3. The van der Waals surface area contributed by atoms with E-state index in [2.05, 4.69) is 41.5 Å². The third-order valence-corrected chi connectivity index (χ3v) is 15.5. The van der Waals surface area contributed by atoms with Crippen LogP contribution in [0.4, 0.5) is 0 Å². The number of aliphatic hydroxyl groups is 1. The lowest BCUT2D eigenvalue weighted by Crippen LogP contribution is -2.30. The first-order chi connectivity index (χ1) is 36.9. The van der Waals surface area contributed by atoms with E-state index in [1.165, 1.54) is 83.5 Å². The van der Waals surface area contributed by atoms with Crippen molar-refractivity contribution in [2.24, 2.45) is 11.8 Å². The third kappa shape index (κ3) is 51.9. The zero-order chi connectivity index (χ0) is 57.3. The lowest BCUT2D eigenvalue weighted by molar-refractivity contribution is -0.161. The molecule has 0 aliphatic carbocycles. The summed E-state index contributed by atoms with van der Waals surface area (Å²) in [5, 5.41) is 10.4. The Hall–Kier alpha value is -1.94. The van der Waals surface area contributed by atoms with E-state index in [9.17, 15) is 43.2 Å². The monoisotopic (exact) mass is 1140 g/mol. The van der Waals surface area contributed by atoms with Gasteiger partial charge >= 0.3 is 39.5 Å². The number of phosphoric ester groups is 2. The summed E-state index contributed by atoms with van der Waals surface area (Å²) in [6.07, 6.45) is 31.6. The Morgan fingerprint density at radius 3 is 0.987 bits per heavy atom. The number of carbonyl (C=O) groups is 4. The highest BCUT2D eigenvalue weighted by Crippen LogP contribution is 2.45. The Labute approximate surface area is 467 Å². The second kappa shape index (κ2) is 51.0. The van der Waals surface area contributed by atoms with E-state index in [0.717, 1.165) is 109 Å². The van der Waals surface area contributed by atoms with E-state index in [-0.39, 0.29) is 25.7 Å². The van der Waals surface area contributed by atoms with Crippen molar-refractivity contribution < 1.29 is 80.2 Å². The van der Waals surface area contributed by atoms with Crippen LogP contribution in [0.25, 0.3) is 0 Å². The van der Waals surface area contributed by atoms with Gasteiger partial charge in [-0.3, -0.25) is 37.3 Å². The molecule has 77 heavy (non-hydrogen) atoms. The molecule has 0 aliphatic rings. The first-order valence-corrected chi connectivity index (χ1v) is 33.5. The summed E-state index contributed by atoms with van der Waals surface area (Å²) < 4.78 is 67.3. The van der Waals surface area contributed by atoms with Crippen molar-refractivity contribution >= 4 is 39.5 Å². The molecular weight excluding hydrogens is 1030 g/mol. The molecule has 0 rings (SSSR count). The molecule has 0 heterocycles. The molecular formula is C58H112O17P2. The minimum atomic E-state index is -4.93. The van der Waals surface area contributed by atoms with Crippen LogP contribution >= 0.6 is 15.6 Å². The maximum absolute atomic E-state index is 12.9. The lowest BCUT2D eigenvalue weighted by atomic mass is 9.99. The predicted octanol–water partition coefficient (Wildman–Crippen LogP) is 15.3. The second-order valence-corrected chi connectivity index (χ2v) is 24.7. The molecule has 0 saturated carbocycles. The molecule has 0 amide bonds. The molecule has 456 valence electrons. The van der Waals surface area contributed by atoms with Crippen molar-refractivity contribution in [2.45, 2.75) is 297 Å². The van der Waals surface area contributed by atoms with Crippen molar-refractivity contribution in [1.29, 1.82) is 0 Å². The summed E-state index contributed by atoms with van der Waals surface area (Å²) in [5.41, 5.74) is 0. The molecule has 0 spiro atoms. The first kappa shape index (κ1) is 75.1. The van der Waals surface area contributed by atoms with Gasteiger partial charge in [0.2, 0.25) is 0 Å². The number of carbonyl (C=O) groups excluding carboxylic acids is 4. The van der Waals surface area contributed by atoms with Crippen LogP contribution in [0.15, 0.2) is 0 Å². The molecule has 0 fully saturated rings. The van der Waals surface area contributed by atoms with Gasteiger partial charge in [-0.15, -0.1) is 0 Å². The average Bonchev–Trinajstić information content (AvgIpc) is 3.39. The van der Waals surface area contributed by atoms with Crippen LogP contribution in [-0.4, -0.2) is 96.7 Å². The standard InChI is InChI=1S/C58H112O17P2/c1-7-10-12-26-34-40-55(60)68-46-53(74-57(62)42-36-27-13-11-8-2)48-72-76(64,65)70-44-52(59)45-71-77(66,67)73-49-54(47-69-56(61)41-35-30-25-24-28-32-38-50(4)5)75-58(63)43-37-31-23-21-19-17-15-14-16-18-20-22-29-33-39-51(6)9-3/h50-54,59H,7-49H2,1-6H3,(H,64,65)(H,66,67)/t51?,52-,53+,54+/m0/s1. The number of unbranched alkanes of at least 4 members (excludes halogenated alkanes) is 26. The number of esters is 4. The Morgan fingerprint density at radius 1 is 0.377 bits per heavy atom. The van der Waals surface area contributed by atoms with E-state index < -0.39 is 97.5 Å². The fraction of sp³-hybridized carbons (Fsp3) is 0.931. The zero-order valence-corrected chi connectivity index (χ0v) is 51.0. The van der Waals surface area contributed by atoms with Gasteiger partial charge in [0.15, 0.2) is 12.2 Å². The quantitative estimate of drug-likeness (QED) is 0.0222. The van der Waals surface area contributed by atoms with Crippen molar-refractivity contribution in [2.75, 3.05) is 39.6 Å². The highest BCUT2D eigenvalue weighted by atomic mass is 31.2. The summed E-state index contributed by atoms with van der Waals surface area (Å²) in [4.78, 5) is 71.3. The van der Waals surface area contributed by atoms with Gasteiger partial charge in [-0.05, 0) is 37.5 Å². The molecule has 0 aliphatic heterocycles. The van der Waals surface area contributed by atoms with Gasteiger partial charge in [0.1, 0.15) is 19.3 Å². The minimum absolute atomic E-state index is 0.0984. The lowest BCUT2D eigenvalue weighted by Gasteiger charge is -2.21. The highest BCUT2D eigenvalue weighted by Gasteiger charge is 2.30. The van der Waals surface area contributed by atoms with Gasteiger partial charge in [-0.2, -0.15) is 0 Å². The molecule has 0 saturated heterocycles. The summed E-state index contributed by atoms with van der Waals surface area (Å²) >= 11 is 0. The summed E-state index contributed by atoms with van der Waals surface area (Å²) in [6.45, 7) is 9.23. The molecule has 0 aromatic heterocycles. The molecule has 17 nitrogen and oxygen atoms in total. The number of ether oxygens (including phenoxy) is 4. The molecule has 0 bridgehead atoms. The fourth-order valence-corrected chi connectivity index (χ4v) is 10.0. The smallest absolute Gasteiger partial charge is 0.462 e.